The number of carbonyl (C=O) groups excluding carboxylic acids is 1. The predicted octanol–water partition coefficient (Wildman–Crippen LogP) is 7.43. The normalized spacial score (nSPS) is 17.1. The van der Waals surface area contributed by atoms with Gasteiger partial charge >= 0.3 is 11.9 Å². The Balaban J connectivity index is 0.000000180. The summed E-state index contributed by atoms with van der Waals surface area (Å²) >= 11 is 0. The molecule has 1 N–H and O–H groups in total. The number of carboxylic acid groups (broad SMARTS) is 1. The van der Waals surface area contributed by atoms with E-state index in [1.807, 2.05) is 60.9 Å². The summed E-state index contributed by atoms with van der Waals surface area (Å²) in [6, 6.07) is 22.5. The number of piperidine rings is 2. The second-order valence-electron chi connectivity index (χ2n) is 19.6. The third-order valence-electron chi connectivity index (χ3n) is 15.0. The van der Waals surface area contributed by atoms with Crippen molar-refractivity contribution in [1.82, 2.24) is 28.9 Å². The maximum atomic E-state index is 13.2. The van der Waals surface area contributed by atoms with Crippen LogP contribution in [0.2, 0.25) is 0 Å². The lowest BCUT2D eigenvalue weighted by atomic mass is 9.74. The molecule has 10 rings (SSSR count). The van der Waals surface area contributed by atoms with Crippen LogP contribution >= 0.6 is 0 Å². The number of pyridine rings is 4. The molecule has 2 fully saturated rings. The van der Waals surface area contributed by atoms with E-state index < -0.39 is 16.8 Å². The average molecular weight is 999 g/mol. The van der Waals surface area contributed by atoms with Gasteiger partial charge in [-0.3, -0.25) is 38.9 Å². The van der Waals surface area contributed by atoms with Crippen molar-refractivity contribution in [1.29, 1.82) is 0 Å². The Bertz CT molecular complexity index is 3050. The molecule has 4 aliphatic heterocycles. The van der Waals surface area contributed by atoms with Crippen molar-refractivity contribution in [2.45, 2.75) is 91.4 Å². The maximum Gasteiger partial charge on any atom is 0.312 e. The summed E-state index contributed by atoms with van der Waals surface area (Å²) in [6.07, 6.45) is 8.53. The first-order valence-corrected chi connectivity index (χ1v) is 25.6. The van der Waals surface area contributed by atoms with Crippen LogP contribution in [0.15, 0.2) is 94.8 Å². The standard InChI is InChI=1S/C29H35N3O5.C27H31N3O6/c1-3-35-28(34)29(9-4-12-32-24-17-21(2)5-6-22(24)7-8-27(32)33)10-13-31(14-11-29)20-23-18-25-26(19-30-23)37-16-15-36-25;1-34-21-5-3-19-4-6-25(31)30(22(19)16-21)10-2-7-27(26(32)33)8-11-29(12-9-27)18-20-15-23-24(17-28-20)36-14-13-35-23/h5-8,17-19H,3-4,9-16,20H2,1-2H3;3-6,15-17H,2,7-14,18H2,1H3,(H,32,33). The number of carbonyl (C=O) groups is 2. The number of rotatable bonds is 16. The third-order valence-corrected chi connectivity index (χ3v) is 15.0. The van der Waals surface area contributed by atoms with Crippen molar-refractivity contribution < 1.29 is 43.1 Å². The van der Waals surface area contributed by atoms with E-state index in [2.05, 4.69) is 31.9 Å². The Kier molecular flexibility index (Phi) is 15.9. The van der Waals surface area contributed by atoms with Crippen LogP contribution in [0, 0.1) is 17.8 Å². The zero-order chi connectivity index (χ0) is 51.0. The van der Waals surface area contributed by atoms with Crippen molar-refractivity contribution >= 4 is 33.7 Å². The average Bonchev–Trinajstić information content (AvgIpc) is 3.41. The Morgan fingerprint density at radius 3 is 1.60 bits per heavy atom. The minimum absolute atomic E-state index is 0.00923. The molecule has 386 valence electrons. The lowest BCUT2D eigenvalue weighted by molar-refractivity contribution is -0.159. The highest BCUT2D eigenvalue weighted by Crippen LogP contribution is 2.40. The number of hydrogen-bond acceptors (Lipinski definition) is 14. The summed E-state index contributed by atoms with van der Waals surface area (Å²) in [5, 5.41) is 12.1. The van der Waals surface area contributed by atoms with Gasteiger partial charge in [-0.05, 0) is 138 Å². The lowest BCUT2D eigenvalue weighted by Crippen LogP contribution is -2.45. The number of hydrogen-bond donors (Lipinski definition) is 1. The molecule has 0 unspecified atom stereocenters. The number of aliphatic carboxylic acids is 1. The molecule has 2 saturated heterocycles. The second-order valence-corrected chi connectivity index (χ2v) is 19.6. The van der Waals surface area contributed by atoms with Crippen LogP contribution in [-0.2, 0) is 40.5 Å². The van der Waals surface area contributed by atoms with E-state index in [1.54, 1.807) is 42.3 Å². The molecular weight excluding hydrogens is 933 g/mol. The molecule has 0 bridgehead atoms. The Morgan fingerprint density at radius 1 is 0.630 bits per heavy atom. The third kappa shape index (κ3) is 11.8. The number of aromatic nitrogens is 4. The maximum absolute atomic E-state index is 13.2. The number of aryl methyl sites for hydroxylation is 3. The van der Waals surface area contributed by atoms with Gasteiger partial charge < -0.3 is 42.7 Å². The molecule has 0 atom stereocenters. The van der Waals surface area contributed by atoms with Crippen molar-refractivity contribution in [3.05, 3.63) is 123 Å². The fourth-order valence-electron chi connectivity index (χ4n) is 10.7. The summed E-state index contributed by atoms with van der Waals surface area (Å²) in [4.78, 5) is 64.4. The molecule has 0 amide bonds. The highest BCUT2D eigenvalue weighted by Gasteiger charge is 2.43. The van der Waals surface area contributed by atoms with Gasteiger partial charge in [-0.1, -0.05) is 12.1 Å². The number of benzene rings is 2. The molecule has 8 heterocycles. The van der Waals surface area contributed by atoms with Crippen molar-refractivity contribution in [2.75, 3.05) is 66.3 Å². The van der Waals surface area contributed by atoms with Gasteiger partial charge in [0.2, 0.25) is 0 Å². The van der Waals surface area contributed by atoms with Gasteiger partial charge in [-0.15, -0.1) is 0 Å². The van der Waals surface area contributed by atoms with E-state index in [0.29, 0.717) is 127 Å². The van der Waals surface area contributed by atoms with Crippen LogP contribution < -0.4 is 34.8 Å². The number of ether oxygens (including phenoxy) is 6. The van der Waals surface area contributed by atoms with Crippen LogP contribution in [0.3, 0.4) is 0 Å². The molecule has 0 spiro atoms. The molecule has 0 radical (unpaired) electrons. The summed E-state index contributed by atoms with van der Waals surface area (Å²) in [5.74, 6) is 2.62. The molecule has 4 aliphatic rings. The highest BCUT2D eigenvalue weighted by molar-refractivity contribution is 5.81. The first-order valence-electron chi connectivity index (χ1n) is 25.6. The predicted molar refractivity (Wildman–Crippen MR) is 275 cm³/mol. The fraction of sp³-hybridized carbons (Fsp3) is 0.464. The van der Waals surface area contributed by atoms with Crippen LogP contribution in [0.1, 0.15) is 75.2 Å². The molecule has 4 aromatic heterocycles. The van der Waals surface area contributed by atoms with Crippen LogP contribution in [0.4, 0.5) is 0 Å². The summed E-state index contributed by atoms with van der Waals surface area (Å²) in [7, 11) is 1.60. The monoisotopic (exact) mass is 998 g/mol. The molecule has 0 saturated carbocycles. The molecule has 17 heteroatoms. The second kappa shape index (κ2) is 22.8. The van der Waals surface area contributed by atoms with E-state index in [9.17, 15) is 24.3 Å². The minimum atomic E-state index is -0.789. The van der Waals surface area contributed by atoms with Gasteiger partial charge in [0.15, 0.2) is 23.0 Å². The van der Waals surface area contributed by atoms with Crippen LogP contribution in [0.5, 0.6) is 28.7 Å². The van der Waals surface area contributed by atoms with Gasteiger partial charge in [0, 0.05) is 56.5 Å². The number of esters is 1. The summed E-state index contributed by atoms with van der Waals surface area (Å²) in [5.41, 5.74) is 3.25. The van der Waals surface area contributed by atoms with Gasteiger partial charge in [0.25, 0.3) is 11.1 Å². The molecule has 73 heavy (non-hydrogen) atoms. The van der Waals surface area contributed by atoms with E-state index in [1.165, 1.54) is 0 Å². The number of carboxylic acids is 1. The van der Waals surface area contributed by atoms with Crippen molar-refractivity contribution in [2.24, 2.45) is 10.8 Å². The number of nitrogens with zero attached hydrogens (tertiary/aromatic N) is 6. The first-order chi connectivity index (χ1) is 35.4. The quantitative estimate of drug-likeness (QED) is 0.0944. The van der Waals surface area contributed by atoms with Crippen molar-refractivity contribution in [3.63, 3.8) is 0 Å². The summed E-state index contributed by atoms with van der Waals surface area (Å²) in [6.45, 7) is 11.7. The highest BCUT2D eigenvalue weighted by atomic mass is 16.6. The van der Waals surface area contributed by atoms with Crippen molar-refractivity contribution in [3.8, 4) is 28.7 Å². The Morgan fingerprint density at radius 2 is 1.10 bits per heavy atom. The van der Waals surface area contributed by atoms with Gasteiger partial charge in [0.1, 0.15) is 32.2 Å². The largest absolute Gasteiger partial charge is 0.497 e. The SMILES string of the molecule is CCOC(=O)C1(CCCn2c(=O)ccc3ccc(C)cc32)CCN(Cc2cc3c(cn2)OCCO3)CC1.COc1ccc2ccc(=O)n(CCCC3(C(=O)O)CCN(Cc4cc5c(cn4)OCCO5)CC3)c2c1. The first kappa shape index (κ1) is 50.9. The number of methoxy groups -OCH3 is 1. The fourth-order valence-corrected chi connectivity index (χ4v) is 10.7. The van der Waals surface area contributed by atoms with Crippen LogP contribution in [-0.4, -0.2) is 112 Å². The van der Waals surface area contributed by atoms with Gasteiger partial charge in [-0.2, -0.15) is 0 Å². The smallest absolute Gasteiger partial charge is 0.312 e. The molecule has 17 nitrogen and oxygen atoms in total. The minimum Gasteiger partial charge on any atom is -0.497 e. The van der Waals surface area contributed by atoms with Gasteiger partial charge in [0.05, 0.1) is 59.4 Å². The molecule has 0 aliphatic carbocycles. The molecular formula is C56H66N6O11. The van der Waals surface area contributed by atoms with Crippen LogP contribution in [0.25, 0.3) is 21.8 Å². The zero-order valence-electron chi connectivity index (χ0n) is 42.1. The summed E-state index contributed by atoms with van der Waals surface area (Å²) < 4.78 is 36.9. The Hall–Kier alpha value is -6.98. The zero-order valence-corrected chi connectivity index (χ0v) is 42.1. The molecule has 2 aromatic carbocycles. The molecule has 6 aromatic rings. The van der Waals surface area contributed by atoms with E-state index in [-0.39, 0.29) is 17.1 Å². The number of likely N-dealkylation sites (tertiary alicyclic amines) is 2. The van der Waals surface area contributed by atoms with E-state index in [0.717, 1.165) is 76.9 Å². The lowest BCUT2D eigenvalue weighted by Gasteiger charge is -2.40. The van der Waals surface area contributed by atoms with E-state index in [4.69, 9.17) is 28.4 Å². The van der Waals surface area contributed by atoms with Gasteiger partial charge in [-0.25, -0.2) is 0 Å². The Labute approximate surface area is 424 Å². The van der Waals surface area contributed by atoms with E-state index >= 15 is 0 Å². The topological polar surface area (TPSA) is 186 Å². The number of fused-ring (bicyclic) bond motifs is 4.